The van der Waals surface area contributed by atoms with E-state index >= 15 is 0 Å². The zero-order valence-corrected chi connectivity index (χ0v) is 18.3. The van der Waals surface area contributed by atoms with Gasteiger partial charge in [0.2, 0.25) is 0 Å². The first-order valence-corrected chi connectivity index (χ1v) is 10.6. The summed E-state index contributed by atoms with van der Waals surface area (Å²) in [7, 11) is 3.25. The van der Waals surface area contributed by atoms with Crippen molar-refractivity contribution in [1.82, 2.24) is 15.1 Å². The van der Waals surface area contributed by atoms with Gasteiger partial charge in [-0.2, -0.15) is 0 Å². The molecule has 3 amide bonds. The van der Waals surface area contributed by atoms with E-state index in [2.05, 4.69) is 10.2 Å². The number of fused-ring (bicyclic) bond motifs is 1. The van der Waals surface area contributed by atoms with Crippen LogP contribution in [-0.4, -0.2) is 54.7 Å². The molecule has 2 heterocycles. The first-order chi connectivity index (χ1) is 14.9. The van der Waals surface area contributed by atoms with Gasteiger partial charge >= 0.3 is 6.03 Å². The van der Waals surface area contributed by atoms with Gasteiger partial charge in [0.05, 0.1) is 20.9 Å². The molecule has 1 N–H and O–H groups in total. The van der Waals surface area contributed by atoms with E-state index in [1.807, 2.05) is 49.4 Å². The summed E-state index contributed by atoms with van der Waals surface area (Å²) in [6.07, 6.45) is 2.12. The summed E-state index contributed by atoms with van der Waals surface area (Å²) in [5.41, 5.74) is 2.61. The molecule has 0 radical (unpaired) electrons. The van der Waals surface area contributed by atoms with Crippen LogP contribution in [0.2, 0.25) is 0 Å². The number of benzene rings is 2. The van der Waals surface area contributed by atoms with Crippen molar-refractivity contribution in [2.45, 2.75) is 38.3 Å². The van der Waals surface area contributed by atoms with Crippen LogP contribution in [-0.2, 0) is 24.2 Å². The Kier molecular flexibility index (Phi) is 5.87. The number of rotatable bonds is 7. The van der Waals surface area contributed by atoms with Crippen LogP contribution < -0.4 is 14.8 Å². The van der Waals surface area contributed by atoms with Gasteiger partial charge in [0.15, 0.2) is 11.5 Å². The fourth-order valence-electron chi connectivity index (χ4n) is 4.35. The second-order valence-corrected chi connectivity index (χ2v) is 8.40. The number of hydrogen-bond donors (Lipinski definition) is 1. The largest absolute Gasteiger partial charge is 0.493 e. The molecule has 0 spiro atoms. The van der Waals surface area contributed by atoms with Crippen LogP contribution in [0.4, 0.5) is 4.79 Å². The fraction of sp³-hybridized carbons (Fsp3) is 0.417. The Morgan fingerprint density at radius 3 is 2.39 bits per heavy atom. The average Bonchev–Trinajstić information content (AvgIpc) is 3.00. The zero-order chi connectivity index (χ0) is 22.0. The second-order valence-electron chi connectivity index (χ2n) is 8.40. The third-order valence-electron chi connectivity index (χ3n) is 6.24. The molecule has 0 saturated carbocycles. The van der Waals surface area contributed by atoms with Crippen LogP contribution in [0, 0.1) is 0 Å². The van der Waals surface area contributed by atoms with Crippen molar-refractivity contribution in [2.24, 2.45) is 0 Å². The van der Waals surface area contributed by atoms with Crippen LogP contribution in [0.25, 0.3) is 0 Å². The van der Waals surface area contributed by atoms with Crippen LogP contribution in [0.15, 0.2) is 42.5 Å². The van der Waals surface area contributed by atoms with Gasteiger partial charge in [-0.1, -0.05) is 30.3 Å². The standard InChI is InChI=1S/C24H29N3O4/c1-24(11-9-17-7-5-4-6-8-17)22(28)27(23(29)25-24)16-26-12-10-18-13-20(30-2)21(31-3)14-19(18)15-26/h4-8,13-14H,9-12,15-16H2,1-3H3,(H,25,29)/t24-/m0/s1. The third kappa shape index (κ3) is 4.23. The number of carbonyl (C=O) groups is 2. The van der Waals surface area contributed by atoms with Crippen molar-refractivity contribution < 1.29 is 19.1 Å². The normalized spacial score (nSPS) is 21.1. The molecule has 2 aromatic carbocycles. The lowest BCUT2D eigenvalue weighted by Crippen LogP contribution is -2.46. The SMILES string of the molecule is COc1cc2c(cc1OC)CN(CN1C(=O)N[C@@](C)(CCc3ccccc3)C1=O)CC2. The fourth-order valence-corrected chi connectivity index (χ4v) is 4.35. The number of hydrogen-bond acceptors (Lipinski definition) is 5. The van der Waals surface area contributed by atoms with Crippen molar-refractivity contribution >= 4 is 11.9 Å². The molecule has 1 fully saturated rings. The van der Waals surface area contributed by atoms with Gasteiger partial charge in [0, 0.05) is 13.1 Å². The highest BCUT2D eigenvalue weighted by molar-refractivity contribution is 6.06. The predicted molar refractivity (Wildman–Crippen MR) is 117 cm³/mol. The molecule has 1 saturated heterocycles. The minimum atomic E-state index is -0.878. The first-order valence-electron chi connectivity index (χ1n) is 10.6. The van der Waals surface area contributed by atoms with E-state index in [4.69, 9.17) is 9.47 Å². The molecular formula is C24H29N3O4. The molecule has 0 aromatic heterocycles. The van der Waals surface area contributed by atoms with E-state index in [9.17, 15) is 9.59 Å². The summed E-state index contributed by atoms with van der Waals surface area (Å²) in [4.78, 5) is 29.3. The number of nitrogens with one attached hydrogen (secondary N) is 1. The minimum absolute atomic E-state index is 0.161. The molecule has 7 nitrogen and oxygen atoms in total. The lowest BCUT2D eigenvalue weighted by Gasteiger charge is -2.32. The summed E-state index contributed by atoms with van der Waals surface area (Å²) in [6, 6.07) is 13.7. The number of methoxy groups -OCH3 is 2. The van der Waals surface area contributed by atoms with Crippen molar-refractivity contribution in [2.75, 3.05) is 27.4 Å². The topological polar surface area (TPSA) is 71.1 Å². The van der Waals surface area contributed by atoms with Crippen molar-refractivity contribution in [3.8, 4) is 11.5 Å². The Labute approximate surface area is 182 Å². The highest BCUT2D eigenvalue weighted by Crippen LogP contribution is 2.33. The van der Waals surface area contributed by atoms with Crippen LogP contribution in [0.5, 0.6) is 11.5 Å². The number of carbonyl (C=O) groups excluding carboxylic acids is 2. The quantitative estimate of drug-likeness (QED) is 0.694. The maximum atomic E-state index is 13.1. The Hall–Kier alpha value is -3.06. The number of aryl methyl sites for hydroxylation is 1. The average molecular weight is 424 g/mol. The van der Waals surface area contributed by atoms with E-state index in [0.29, 0.717) is 18.7 Å². The minimum Gasteiger partial charge on any atom is -0.493 e. The maximum absolute atomic E-state index is 13.1. The molecule has 2 aromatic rings. The van der Waals surface area contributed by atoms with E-state index in [-0.39, 0.29) is 18.6 Å². The molecule has 0 aliphatic carbocycles. The van der Waals surface area contributed by atoms with E-state index in [0.717, 1.165) is 36.3 Å². The zero-order valence-electron chi connectivity index (χ0n) is 18.3. The molecule has 31 heavy (non-hydrogen) atoms. The maximum Gasteiger partial charge on any atom is 0.326 e. The molecule has 0 unspecified atom stereocenters. The summed E-state index contributed by atoms with van der Waals surface area (Å²) < 4.78 is 10.8. The van der Waals surface area contributed by atoms with Gasteiger partial charge in [0.25, 0.3) is 5.91 Å². The van der Waals surface area contributed by atoms with Crippen LogP contribution in [0.1, 0.15) is 30.0 Å². The van der Waals surface area contributed by atoms with Crippen molar-refractivity contribution in [3.05, 3.63) is 59.2 Å². The Balaban J connectivity index is 1.42. The number of amides is 3. The van der Waals surface area contributed by atoms with Gasteiger partial charge < -0.3 is 14.8 Å². The highest BCUT2D eigenvalue weighted by Gasteiger charge is 2.47. The molecule has 164 valence electrons. The summed E-state index contributed by atoms with van der Waals surface area (Å²) in [5, 5.41) is 2.92. The first kappa shape index (κ1) is 21.2. The number of imide groups is 1. The number of ether oxygens (including phenoxy) is 2. The number of nitrogens with zero attached hydrogens (tertiary/aromatic N) is 2. The molecule has 4 rings (SSSR count). The monoisotopic (exact) mass is 423 g/mol. The van der Waals surface area contributed by atoms with E-state index < -0.39 is 5.54 Å². The smallest absolute Gasteiger partial charge is 0.326 e. The molecule has 2 aliphatic heterocycles. The van der Waals surface area contributed by atoms with Gasteiger partial charge in [-0.15, -0.1) is 0 Å². The lowest BCUT2D eigenvalue weighted by atomic mass is 9.93. The van der Waals surface area contributed by atoms with Crippen LogP contribution in [0.3, 0.4) is 0 Å². The summed E-state index contributed by atoms with van der Waals surface area (Å²) in [5.74, 6) is 1.25. The molecule has 0 bridgehead atoms. The van der Waals surface area contributed by atoms with Gasteiger partial charge in [-0.3, -0.25) is 9.69 Å². The number of urea groups is 1. The van der Waals surface area contributed by atoms with Gasteiger partial charge in [0.1, 0.15) is 5.54 Å². The molecule has 2 aliphatic rings. The summed E-state index contributed by atoms with van der Waals surface area (Å²) >= 11 is 0. The predicted octanol–water partition coefficient (Wildman–Crippen LogP) is 2.96. The van der Waals surface area contributed by atoms with Gasteiger partial charge in [-0.25, -0.2) is 9.69 Å². The lowest BCUT2D eigenvalue weighted by molar-refractivity contribution is -0.132. The van der Waals surface area contributed by atoms with E-state index in [1.165, 1.54) is 10.5 Å². The van der Waals surface area contributed by atoms with Crippen molar-refractivity contribution in [3.63, 3.8) is 0 Å². The van der Waals surface area contributed by atoms with Crippen LogP contribution >= 0.6 is 0 Å². The third-order valence-corrected chi connectivity index (χ3v) is 6.24. The Morgan fingerprint density at radius 2 is 1.71 bits per heavy atom. The molecule has 7 heteroatoms. The van der Waals surface area contributed by atoms with E-state index in [1.54, 1.807) is 14.2 Å². The molecular weight excluding hydrogens is 394 g/mol. The summed E-state index contributed by atoms with van der Waals surface area (Å²) in [6.45, 7) is 3.51. The molecule has 1 atom stereocenters. The van der Waals surface area contributed by atoms with Gasteiger partial charge in [-0.05, 0) is 55.0 Å². The van der Waals surface area contributed by atoms with Crippen molar-refractivity contribution in [1.29, 1.82) is 0 Å². The Morgan fingerprint density at radius 1 is 1.03 bits per heavy atom. The Bertz CT molecular complexity index is 978. The highest BCUT2D eigenvalue weighted by atomic mass is 16.5. The second kappa shape index (κ2) is 8.59.